The Morgan fingerprint density at radius 2 is 2.25 bits per heavy atom. The molecule has 4 heteroatoms. The number of aliphatic hydroxyl groups excluding tert-OH is 1. The van der Waals surface area contributed by atoms with E-state index in [0.29, 0.717) is 23.9 Å². The predicted octanol–water partition coefficient (Wildman–Crippen LogP) is 2.24. The lowest BCUT2D eigenvalue weighted by Gasteiger charge is -2.62. The third kappa shape index (κ3) is 1.60. The number of piperidine rings is 3. The molecule has 0 saturated carbocycles. The van der Waals surface area contributed by atoms with Crippen LogP contribution in [-0.2, 0) is 6.42 Å². The first-order valence-electron chi connectivity index (χ1n) is 8.99. The maximum atomic E-state index is 11.8. The van der Waals surface area contributed by atoms with Gasteiger partial charge in [0.25, 0.3) is 0 Å². The second kappa shape index (κ2) is 4.64. The van der Waals surface area contributed by atoms with Crippen LogP contribution in [0.2, 0.25) is 0 Å². The average molecular weight is 324 g/mol. The fourth-order valence-corrected chi connectivity index (χ4v) is 6.05. The molecule has 4 bridgehead atoms. The maximum Gasteiger partial charge on any atom is 0.131 e. The van der Waals surface area contributed by atoms with Gasteiger partial charge < -0.3 is 19.7 Å². The highest BCUT2D eigenvalue weighted by molar-refractivity contribution is 5.86. The molecule has 6 rings (SSSR count). The molecule has 5 atom stereocenters. The van der Waals surface area contributed by atoms with Gasteiger partial charge in [-0.2, -0.15) is 0 Å². The van der Waals surface area contributed by atoms with E-state index in [-0.39, 0.29) is 12.4 Å². The van der Waals surface area contributed by atoms with E-state index in [0.717, 1.165) is 34.8 Å². The van der Waals surface area contributed by atoms with Crippen LogP contribution in [0.25, 0.3) is 10.9 Å². The van der Waals surface area contributed by atoms with E-state index in [1.165, 1.54) is 16.8 Å². The molecule has 24 heavy (non-hydrogen) atoms. The van der Waals surface area contributed by atoms with Crippen LogP contribution in [0, 0.1) is 11.8 Å². The molecule has 4 aliphatic heterocycles. The number of aliphatic hydroxyl groups is 1. The number of aromatic nitrogens is 1. The molecule has 1 aromatic heterocycles. The van der Waals surface area contributed by atoms with Gasteiger partial charge in [0.15, 0.2) is 0 Å². The van der Waals surface area contributed by atoms with Gasteiger partial charge in [-0.25, -0.2) is 0 Å². The van der Waals surface area contributed by atoms with Crippen molar-refractivity contribution < 1.29 is 14.7 Å². The minimum Gasteiger partial charge on any atom is -0.872 e. The molecule has 4 nitrogen and oxygen atoms in total. The Bertz CT molecular complexity index is 868. The average Bonchev–Trinajstić information content (AvgIpc) is 2.91. The second-order valence-electron chi connectivity index (χ2n) is 8.07. The lowest BCUT2D eigenvalue weighted by molar-refractivity contribution is -0.978. The SMILES string of the molecule is C/C=C1\C[N+]2(C)C3C[C@H]1C(CO)[C@@H]2Cc1c3[nH]c2ccc([O-])cc12. The highest BCUT2D eigenvalue weighted by atomic mass is 16.3. The molecule has 3 unspecified atom stereocenters. The summed E-state index contributed by atoms with van der Waals surface area (Å²) in [5.41, 5.74) is 5.27. The normalized spacial score (nSPS) is 38.7. The number of nitrogens with one attached hydrogen (secondary N) is 1. The molecular weight excluding hydrogens is 300 g/mol. The molecule has 3 fully saturated rings. The van der Waals surface area contributed by atoms with E-state index in [1.54, 1.807) is 12.1 Å². The summed E-state index contributed by atoms with van der Waals surface area (Å²) in [6, 6.07) is 6.26. The molecule has 2 aromatic rings. The van der Waals surface area contributed by atoms with Crippen LogP contribution in [0.1, 0.15) is 30.6 Å². The summed E-state index contributed by atoms with van der Waals surface area (Å²) in [4.78, 5) is 3.64. The van der Waals surface area contributed by atoms with Gasteiger partial charge in [0.2, 0.25) is 0 Å². The largest absolute Gasteiger partial charge is 0.872 e. The number of likely N-dealkylation sites (N-methyl/N-ethyl adjacent to an activating group) is 1. The van der Waals surface area contributed by atoms with Crippen molar-refractivity contribution in [2.24, 2.45) is 11.8 Å². The monoisotopic (exact) mass is 324 g/mol. The lowest BCUT2D eigenvalue weighted by Crippen LogP contribution is -2.70. The summed E-state index contributed by atoms with van der Waals surface area (Å²) in [5.74, 6) is 0.918. The standard InChI is InChI=1S/C20H24N2O2/c1-3-11-9-22(2)18-8-15-14-6-12(24)4-5-17(14)21-20(15)19(22)7-13(11)16(18)10-23/h3-6,13,16,18-19,21,23H,7-10H2,1-2H3/b11-3+/t13-,16?,18+,19?,22?/m1/s1. The Morgan fingerprint density at radius 3 is 3.00 bits per heavy atom. The molecule has 0 spiro atoms. The molecule has 0 amide bonds. The molecule has 0 radical (unpaired) electrons. The van der Waals surface area contributed by atoms with Gasteiger partial charge in [-0.05, 0) is 24.1 Å². The van der Waals surface area contributed by atoms with Crippen molar-refractivity contribution in [2.45, 2.75) is 31.8 Å². The number of quaternary nitrogens is 1. The Labute approximate surface area is 142 Å². The Hall–Kier alpha value is -1.78. The minimum atomic E-state index is 0.0807. The van der Waals surface area contributed by atoms with Crippen LogP contribution in [0.4, 0.5) is 0 Å². The molecule has 1 aromatic carbocycles. The zero-order valence-electron chi connectivity index (χ0n) is 14.2. The van der Waals surface area contributed by atoms with E-state index in [2.05, 4.69) is 25.0 Å². The summed E-state index contributed by atoms with van der Waals surface area (Å²) < 4.78 is 1.01. The van der Waals surface area contributed by atoms with Gasteiger partial charge in [-0.3, -0.25) is 0 Å². The van der Waals surface area contributed by atoms with E-state index in [1.807, 2.05) is 6.07 Å². The summed E-state index contributed by atoms with van der Waals surface area (Å²) in [6.45, 7) is 3.49. The zero-order chi connectivity index (χ0) is 16.6. The van der Waals surface area contributed by atoms with Crippen LogP contribution >= 0.6 is 0 Å². The molecular formula is C20H24N2O2. The Balaban J connectivity index is 1.73. The van der Waals surface area contributed by atoms with E-state index >= 15 is 0 Å². The Morgan fingerprint density at radius 1 is 1.42 bits per heavy atom. The van der Waals surface area contributed by atoms with Gasteiger partial charge in [-0.1, -0.05) is 18.2 Å². The molecule has 5 heterocycles. The number of nitrogens with zero attached hydrogens (tertiary/aromatic N) is 1. The third-order valence-corrected chi connectivity index (χ3v) is 7.20. The van der Waals surface area contributed by atoms with Crippen LogP contribution in [0.15, 0.2) is 29.8 Å². The van der Waals surface area contributed by atoms with Crippen molar-refractivity contribution in [2.75, 3.05) is 20.2 Å². The summed E-state index contributed by atoms with van der Waals surface area (Å²) >= 11 is 0. The van der Waals surface area contributed by atoms with Crippen LogP contribution in [0.5, 0.6) is 5.75 Å². The van der Waals surface area contributed by atoms with Crippen molar-refractivity contribution in [3.63, 3.8) is 0 Å². The predicted molar refractivity (Wildman–Crippen MR) is 91.5 cm³/mol. The third-order valence-electron chi connectivity index (χ3n) is 7.20. The maximum absolute atomic E-state index is 11.8. The van der Waals surface area contributed by atoms with Gasteiger partial charge in [0, 0.05) is 35.6 Å². The van der Waals surface area contributed by atoms with Gasteiger partial charge >= 0.3 is 0 Å². The van der Waals surface area contributed by atoms with Crippen LogP contribution in [-0.4, -0.2) is 40.8 Å². The van der Waals surface area contributed by atoms with Gasteiger partial charge in [0.1, 0.15) is 12.6 Å². The lowest BCUT2D eigenvalue weighted by atomic mass is 9.62. The number of benzene rings is 1. The van der Waals surface area contributed by atoms with E-state index in [4.69, 9.17) is 0 Å². The topological polar surface area (TPSA) is 59.1 Å². The smallest absolute Gasteiger partial charge is 0.131 e. The van der Waals surface area contributed by atoms with Crippen molar-refractivity contribution in [3.8, 4) is 5.75 Å². The molecule has 0 aliphatic carbocycles. The first-order chi connectivity index (χ1) is 11.6. The van der Waals surface area contributed by atoms with Crippen molar-refractivity contribution in [3.05, 3.63) is 41.1 Å². The number of allylic oxidation sites excluding steroid dienone is 1. The number of hydrogen-bond donors (Lipinski definition) is 2. The summed E-state index contributed by atoms with van der Waals surface area (Å²) in [6.07, 6.45) is 4.33. The molecule has 3 saturated heterocycles. The van der Waals surface area contributed by atoms with Crippen molar-refractivity contribution >= 4 is 10.9 Å². The van der Waals surface area contributed by atoms with E-state index in [9.17, 15) is 10.2 Å². The number of aromatic amines is 1. The number of hydrogen-bond acceptors (Lipinski definition) is 2. The van der Waals surface area contributed by atoms with Crippen molar-refractivity contribution in [1.82, 2.24) is 4.98 Å². The zero-order valence-corrected chi connectivity index (χ0v) is 14.2. The van der Waals surface area contributed by atoms with Crippen LogP contribution < -0.4 is 5.11 Å². The fraction of sp³-hybridized carbons (Fsp3) is 0.500. The highest BCUT2D eigenvalue weighted by Gasteiger charge is 2.61. The fourth-order valence-electron chi connectivity index (χ4n) is 6.05. The number of H-pyrrole nitrogens is 1. The molecule has 2 N–H and O–H groups in total. The number of fused-ring (bicyclic) bond motifs is 4. The molecule has 126 valence electrons. The highest BCUT2D eigenvalue weighted by Crippen LogP contribution is 2.57. The quantitative estimate of drug-likeness (QED) is 0.624. The Kier molecular flexibility index (Phi) is 2.82. The summed E-state index contributed by atoms with van der Waals surface area (Å²) in [7, 11) is 2.37. The second-order valence-corrected chi connectivity index (χ2v) is 8.07. The van der Waals surface area contributed by atoms with Crippen LogP contribution in [0.3, 0.4) is 0 Å². The first-order valence-corrected chi connectivity index (χ1v) is 8.99. The van der Waals surface area contributed by atoms with E-state index < -0.39 is 0 Å². The van der Waals surface area contributed by atoms with Crippen molar-refractivity contribution in [1.29, 1.82) is 0 Å². The van der Waals surface area contributed by atoms with Gasteiger partial charge in [-0.15, -0.1) is 5.75 Å². The first kappa shape index (κ1) is 14.6. The number of rotatable bonds is 1. The minimum absolute atomic E-state index is 0.0807. The molecule has 4 aliphatic rings. The van der Waals surface area contributed by atoms with Gasteiger partial charge in [0.05, 0.1) is 25.4 Å². The summed E-state index contributed by atoms with van der Waals surface area (Å²) in [5, 5.41) is 23.1.